The Kier molecular flexibility index (Phi) is 4.56. The topological polar surface area (TPSA) is 38.5 Å². The van der Waals surface area contributed by atoms with E-state index in [1.807, 2.05) is 0 Å². The van der Waals surface area contributed by atoms with Crippen molar-refractivity contribution < 1.29 is 9.13 Å². The number of methoxy groups -OCH3 is 1. The van der Waals surface area contributed by atoms with Crippen molar-refractivity contribution in [1.29, 1.82) is 0 Å². The summed E-state index contributed by atoms with van der Waals surface area (Å²) in [5.74, 6) is -0.365. The lowest BCUT2D eigenvalue weighted by molar-refractivity contribution is 0.101. The molecule has 100 valence electrons. The molecule has 0 bridgehead atoms. The molecule has 1 heterocycles. The Bertz CT molecular complexity index is 416. The van der Waals surface area contributed by atoms with Crippen LogP contribution < -0.4 is 5.73 Å². The van der Waals surface area contributed by atoms with Crippen LogP contribution in [0.3, 0.4) is 0 Å². The van der Waals surface area contributed by atoms with E-state index in [1.165, 1.54) is 0 Å². The molecule has 2 rings (SSSR count). The minimum Gasteiger partial charge on any atom is -0.380 e. The largest absolute Gasteiger partial charge is 0.380 e. The van der Waals surface area contributed by atoms with Crippen LogP contribution in [-0.4, -0.2) is 37.7 Å². The molecule has 2 N–H and O–H groups in total. The molecule has 0 radical (unpaired) electrons. The number of hydrogen-bond donors (Lipinski definition) is 1. The summed E-state index contributed by atoms with van der Waals surface area (Å²) in [7, 11) is 1.70. The first kappa shape index (κ1) is 13.7. The maximum atomic E-state index is 14.0. The fourth-order valence-electron chi connectivity index (χ4n) is 2.48. The highest BCUT2D eigenvalue weighted by molar-refractivity contribution is 6.30. The number of nitrogens with two attached hydrogens (primary N) is 1. The molecule has 0 amide bonds. The van der Waals surface area contributed by atoms with Gasteiger partial charge in [0.25, 0.3) is 0 Å². The van der Waals surface area contributed by atoms with Crippen LogP contribution in [0.25, 0.3) is 0 Å². The molecule has 0 spiro atoms. The van der Waals surface area contributed by atoms with Gasteiger partial charge in [-0.3, -0.25) is 4.90 Å². The van der Waals surface area contributed by atoms with E-state index in [0.717, 1.165) is 19.5 Å². The fourth-order valence-corrected chi connectivity index (χ4v) is 2.66. The van der Waals surface area contributed by atoms with Gasteiger partial charge in [0.15, 0.2) is 0 Å². The molecule has 1 aliphatic rings. The predicted molar refractivity (Wildman–Crippen MR) is 70.2 cm³/mol. The molecule has 2 unspecified atom stereocenters. The Morgan fingerprint density at radius 3 is 3.00 bits per heavy atom. The monoisotopic (exact) mass is 272 g/mol. The van der Waals surface area contributed by atoms with Gasteiger partial charge in [0.2, 0.25) is 0 Å². The van der Waals surface area contributed by atoms with Gasteiger partial charge in [-0.1, -0.05) is 23.7 Å². The molecule has 18 heavy (non-hydrogen) atoms. The van der Waals surface area contributed by atoms with Crippen LogP contribution in [-0.2, 0) is 4.74 Å². The molecule has 0 saturated carbocycles. The van der Waals surface area contributed by atoms with E-state index in [-0.39, 0.29) is 23.0 Å². The van der Waals surface area contributed by atoms with Crippen LogP contribution in [0, 0.1) is 5.82 Å². The quantitative estimate of drug-likeness (QED) is 0.913. The predicted octanol–water partition coefficient (Wildman–Crippen LogP) is 2.20. The van der Waals surface area contributed by atoms with E-state index in [4.69, 9.17) is 22.1 Å². The standard InChI is InChI=1S/C13H18ClFN2O/c1-18-9-5-6-17(8-9)12(7-16)10-3-2-4-11(14)13(10)15/h2-4,9,12H,5-8,16H2,1H3. The zero-order valence-electron chi connectivity index (χ0n) is 10.4. The zero-order valence-corrected chi connectivity index (χ0v) is 11.2. The van der Waals surface area contributed by atoms with Crippen LogP contribution in [0.4, 0.5) is 4.39 Å². The summed E-state index contributed by atoms with van der Waals surface area (Å²) in [5, 5.41) is 0.147. The van der Waals surface area contributed by atoms with Gasteiger partial charge < -0.3 is 10.5 Å². The zero-order chi connectivity index (χ0) is 13.1. The van der Waals surface area contributed by atoms with Crippen LogP contribution in [0.2, 0.25) is 5.02 Å². The molecule has 3 nitrogen and oxygen atoms in total. The lowest BCUT2D eigenvalue weighted by Gasteiger charge is -2.27. The summed E-state index contributed by atoms with van der Waals surface area (Å²) < 4.78 is 19.3. The van der Waals surface area contributed by atoms with Crippen LogP contribution in [0.1, 0.15) is 18.0 Å². The average Bonchev–Trinajstić information content (AvgIpc) is 2.84. The van der Waals surface area contributed by atoms with Gasteiger partial charge in [-0.05, 0) is 12.5 Å². The van der Waals surface area contributed by atoms with Crippen molar-refractivity contribution in [3.8, 4) is 0 Å². The lowest BCUT2D eigenvalue weighted by Crippen LogP contribution is -2.33. The number of benzene rings is 1. The normalized spacial score (nSPS) is 22.3. The Balaban J connectivity index is 2.21. The molecule has 2 atom stereocenters. The molecule has 5 heteroatoms. The van der Waals surface area contributed by atoms with Crippen LogP contribution in [0.5, 0.6) is 0 Å². The van der Waals surface area contributed by atoms with Gasteiger partial charge in [0, 0.05) is 32.3 Å². The second-order valence-electron chi connectivity index (χ2n) is 4.54. The van der Waals surface area contributed by atoms with Gasteiger partial charge in [0.1, 0.15) is 5.82 Å². The van der Waals surface area contributed by atoms with E-state index in [1.54, 1.807) is 25.3 Å². The Morgan fingerprint density at radius 2 is 2.39 bits per heavy atom. The van der Waals surface area contributed by atoms with Crippen LogP contribution >= 0.6 is 11.6 Å². The number of nitrogens with zero attached hydrogens (tertiary/aromatic N) is 1. The van der Waals surface area contributed by atoms with Crippen molar-refractivity contribution in [3.05, 3.63) is 34.6 Å². The Hall–Kier alpha value is -0.680. The molecule has 1 aliphatic heterocycles. The molecule has 0 aromatic heterocycles. The number of hydrogen-bond acceptors (Lipinski definition) is 3. The third-order valence-corrected chi connectivity index (χ3v) is 3.81. The summed E-state index contributed by atoms with van der Waals surface area (Å²) in [5.41, 5.74) is 6.37. The van der Waals surface area contributed by atoms with Gasteiger partial charge in [-0.25, -0.2) is 4.39 Å². The average molecular weight is 273 g/mol. The summed E-state index contributed by atoms with van der Waals surface area (Å²) in [6.45, 7) is 2.02. The summed E-state index contributed by atoms with van der Waals surface area (Å²) in [6, 6.07) is 4.92. The third-order valence-electron chi connectivity index (χ3n) is 3.51. The number of ether oxygens (including phenoxy) is 1. The van der Waals surface area contributed by atoms with Crippen molar-refractivity contribution in [1.82, 2.24) is 4.90 Å². The molecular formula is C13H18ClFN2O. The number of likely N-dealkylation sites (tertiary alicyclic amines) is 1. The van der Waals surface area contributed by atoms with Crippen molar-refractivity contribution in [2.24, 2.45) is 5.73 Å². The molecule has 1 saturated heterocycles. The van der Waals surface area contributed by atoms with E-state index in [9.17, 15) is 4.39 Å². The van der Waals surface area contributed by atoms with E-state index in [2.05, 4.69) is 4.90 Å². The minimum atomic E-state index is -0.365. The SMILES string of the molecule is COC1CCN(C(CN)c2cccc(Cl)c2F)C1. The molecule has 1 aromatic carbocycles. The maximum absolute atomic E-state index is 14.0. The molecule has 1 fully saturated rings. The van der Waals surface area contributed by atoms with Gasteiger partial charge >= 0.3 is 0 Å². The van der Waals surface area contributed by atoms with Crippen molar-refractivity contribution in [2.75, 3.05) is 26.7 Å². The van der Waals surface area contributed by atoms with Gasteiger partial charge in [-0.15, -0.1) is 0 Å². The summed E-state index contributed by atoms with van der Waals surface area (Å²) in [4.78, 5) is 2.16. The highest BCUT2D eigenvalue weighted by Crippen LogP contribution is 2.29. The molecule has 1 aromatic rings. The highest BCUT2D eigenvalue weighted by atomic mass is 35.5. The Morgan fingerprint density at radius 1 is 1.61 bits per heavy atom. The van der Waals surface area contributed by atoms with E-state index in [0.29, 0.717) is 12.1 Å². The second kappa shape index (κ2) is 5.97. The smallest absolute Gasteiger partial charge is 0.146 e. The van der Waals surface area contributed by atoms with Crippen molar-refractivity contribution in [2.45, 2.75) is 18.6 Å². The van der Waals surface area contributed by atoms with E-state index >= 15 is 0 Å². The van der Waals surface area contributed by atoms with Gasteiger partial charge in [0.05, 0.1) is 17.2 Å². The van der Waals surface area contributed by atoms with Crippen LogP contribution in [0.15, 0.2) is 18.2 Å². The number of rotatable bonds is 4. The van der Waals surface area contributed by atoms with E-state index < -0.39 is 0 Å². The first-order valence-corrected chi connectivity index (χ1v) is 6.46. The minimum absolute atomic E-state index is 0.135. The second-order valence-corrected chi connectivity index (χ2v) is 4.94. The van der Waals surface area contributed by atoms with Crippen molar-refractivity contribution >= 4 is 11.6 Å². The summed E-state index contributed by atoms with van der Waals surface area (Å²) in [6.07, 6.45) is 1.16. The van der Waals surface area contributed by atoms with Gasteiger partial charge in [-0.2, -0.15) is 0 Å². The summed E-state index contributed by atoms with van der Waals surface area (Å²) >= 11 is 5.82. The Labute approximate surface area is 112 Å². The molecule has 0 aliphatic carbocycles. The maximum Gasteiger partial charge on any atom is 0.146 e. The first-order chi connectivity index (χ1) is 8.67. The number of halogens is 2. The molecular weight excluding hydrogens is 255 g/mol. The first-order valence-electron chi connectivity index (χ1n) is 6.08. The highest BCUT2D eigenvalue weighted by Gasteiger charge is 2.30. The lowest BCUT2D eigenvalue weighted by atomic mass is 10.1. The fraction of sp³-hybridized carbons (Fsp3) is 0.538. The third kappa shape index (κ3) is 2.67. The van der Waals surface area contributed by atoms with Crippen molar-refractivity contribution in [3.63, 3.8) is 0 Å².